The first-order chi connectivity index (χ1) is 7.16. The molecule has 1 aliphatic rings. The minimum Gasteiger partial charge on any atom is -0.300 e. The maximum atomic E-state index is 2.73. The first-order valence-electron chi connectivity index (χ1n) is 6.90. The van der Waals surface area contributed by atoms with Gasteiger partial charge in [0.2, 0.25) is 0 Å². The van der Waals surface area contributed by atoms with Crippen LogP contribution >= 0.6 is 0 Å². The first kappa shape index (κ1) is 13.0. The Morgan fingerprint density at radius 2 is 1.47 bits per heavy atom. The molecule has 1 heterocycles. The molecule has 1 rings (SSSR count). The second-order valence-corrected chi connectivity index (χ2v) is 5.44. The van der Waals surface area contributed by atoms with Gasteiger partial charge in [-0.15, -0.1) is 0 Å². The van der Waals surface area contributed by atoms with E-state index in [4.69, 9.17) is 0 Å². The maximum Gasteiger partial charge on any atom is 0.00950 e. The zero-order valence-electron chi connectivity index (χ0n) is 11.1. The van der Waals surface area contributed by atoms with Gasteiger partial charge in [0.25, 0.3) is 0 Å². The lowest BCUT2D eigenvalue weighted by Gasteiger charge is -2.35. The lowest BCUT2D eigenvalue weighted by molar-refractivity contribution is 0.135. The van der Waals surface area contributed by atoms with E-state index in [9.17, 15) is 0 Å². The van der Waals surface area contributed by atoms with Gasteiger partial charge in [-0.2, -0.15) is 0 Å². The Balaban J connectivity index is 2.45. The van der Waals surface area contributed by atoms with Crippen molar-refractivity contribution in [2.75, 3.05) is 13.1 Å². The third-order valence-corrected chi connectivity index (χ3v) is 4.52. The third-order valence-electron chi connectivity index (χ3n) is 4.52. The monoisotopic (exact) mass is 211 g/mol. The molecule has 1 fully saturated rings. The van der Waals surface area contributed by atoms with Gasteiger partial charge in [0, 0.05) is 6.04 Å². The molecular formula is C14H29N. The van der Waals surface area contributed by atoms with Crippen LogP contribution in [0.2, 0.25) is 0 Å². The lowest BCUT2D eigenvalue weighted by atomic mass is 9.87. The molecule has 0 spiro atoms. The molecule has 0 aromatic rings. The zero-order chi connectivity index (χ0) is 11.3. The molecule has 0 aromatic carbocycles. The van der Waals surface area contributed by atoms with Crippen LogP contribution in [0, 0.1) is 11.8 Å². The molecule has 0 aromatic heterocycles. The summed E-state index contributed by atoms with van der Waals surface area (Å²) in [4.78, 5) is 2.73. The molecule has 0 bridgehead atoms. The number of rotatable bonds is 4. The lowest BCUT2D eigenvalue weighted by Crippen LogP contribution is -2.40. The van der Waals surface area contributed by atoms with Crippen LogP contribution in [0.3, 0.4) is 0 Å². The third kappa shape index (κ3) is 3.79. The molecule has 0 saturated carbocycles. The molecule has 0 N–H and O–H groups in total. The van der Waals surface area contributed by atoms with Crippen LogP contribution in [0.25, 0.3) is 0 Å². The predicted octanol–water partition coefficient (Wildman–Crippen LogP) is 3.93. The molecule has 3 atom stereocenters. The summed E-state index contributed by atoms with van der Waals surface area (Å²) < 4.78 is 0. The van der Waals surface area contributed by atoms with E-state index in [-0.39, 0.29) is 0 Å². The van der Waals surface area contributed by atoms with Crippen molar-refractivity contribution in [1.82, 2.24) is 4.90 Å². The molecule has 15 heavy (non-hydrogen) atoms. The maximum absolute atomic E-state index is 2.73. The quantitative estimate of drug-likeness (QED) is 0.681. The number of hydrogen-bond acceptors (Lipinski definition) is 1. The topological polar surface area (TPSA) is 3.24 Å². The van der Waals surface area contributed by atoms with Crippen LogP contribution in [-0.2, 0) is 0 Å². The van der Waals surface area contributed by atoms with E-state index in [2.05, 4.69) is 32.6 Å². The fourth-order valence-corrected chi connectivity index (χ4v) is 2.68. The van der Waals surface area contributed by atoms with Gasteiger partial charge < -0.3 is 4.90 Å². The van der Waals surface area contributed by atoms with Crippen molar-refractivity contribution in [3.8, 4) is 0 Å². The Hall–Kier alpha value is -0.0400. The number of nitrogens with zero attached hydrogens (tertiary/aromatic N) is 1. The number of likely N-dealkylation sites (tertiary alicyclic amines) is 1. The van der Waals surface area contributed by atoms with E-state index < -0.39 is 0 Å². The average molecular weight is 211 g/mol. The summed E-state index contributed by atoms with van der Waals surface area (Å²) in [6, 6.07) is 0.776. The number of hydrogen-bond donors (Lipinski definition) is 0. The first-order valence-corrected chi connectivity index (χ1v) is 6.90. The second-order valence-electron chi connectivity index (χ2n) is 5.44. The van der Waals surface area contributed by atoms with Gasteiger partial charge >= 0.3 is 0 Å². The second kappa shape index (κ2) is 6.52. The van der Waals surface area contributed by atoms with E-state index in [1.807, 2.05) is 0 Å². The molecule has 1 aliphatic heterocycles. The van der Waals surface area contributed by atoms with E-state index >= 15 is 0 Å². The highest BCUT2D eigenvalue weighted by Gasteiger charge is 2.23. The Morgan fingerprint density at radius 3 is 1.93 bits per heavy atom. The summed E-state index contributed by atoms with van der Waals surface area (Å²) in [5.41, 5.74) is 0. The van der Waals surface area contributed by atoms with Crippen molar-refractivity contribution in [2.45, 2.75) is 65.8 Å². The Morgan fingerprint density at radius 1 is 0.933 bits per heavy atom. The molecule has 1 heteroatoms. The van der Waals surface area contributed by atoms with E-state index in [1.165, 1.54) is 45.2 Å². The van der Waals surface area contributed by atoms with Gasteiger partial charge in [0.05, 0.1) is 0 Å². The van der Waals surface area contributed by atoms with Crippen molar-refractivity contribution in [2.24, 2.45) is 11.8 Å². The molecule has 1 nitrogen and oxygen atoms in total. The van der Waals surface area contributed by atoms with E-state index in [0.29, 0.717) is 0 Å². The van der Waals surface area contributed by atoms with Crippen LogP contribution < -0.4 is 0 Å². The molecule has 1 saturated heterocycles. The summed E-state index contributed by atoms with van der Waals surface area (Å²) in [5.74, 6) is 1.70. The van der Waals surface area contributed by atoms with Gasteiger partial charge in [0.15, 0.2) is 0 Å². The highest BCUT2D eigenvalue weighted by Crippen LogP contribution is 2.24. The zero-order valence-corrected chi connectivity index (χ0v) is 11.1. The largest absolute Gasteiger partial charge is 0.300 e. The van der Waals surface area contributed by atoms with Gasteiger partial charge in [-0.3, -0.25) is 0 Å². The van der Waals surface area contributed by atoms with Gasteiger partial charge in [-0.05, 0) is 44.7 Å². The van der Waals surface area contributed by atoms with E-state index in [0.717, 1.165) is 17.9 Å². The highest BCUT2D eigenvalue weighted by molar-refractivity contribution is 4.77. The normalized spacial score (nSPS) is 25.6. The van der Waals surface area contributed by atoms with Crippen molar-refractivity contribution < 1.29 is 0 Å². The molecule has 0 radical (unpaired) electrons. The van der Waals surface area contributed by atoms with Crippen LogP contribution in [0.15, 0.2) is 0 Å². The highest BCUT2D eigenvalue weighted by atomic mass is 15.2. The van der Waals surface area contributed by atoms with Crippen molar-refractivity contribution in [3.63, 3.8) is 0 Å². The Kier molecular flexibility index (Phi) is 5.66. The Labute approximate surface area is 96.2 Å². The minimum atomic E-state index is 0.776. The standard InChI is InChI=1S/C14H29N/c1-5-12(2)13(3)14(4)15-10-8-6-7-9-11-15/h12-14H,5-11H2,1-4H3. The van der Waals surface area contributed by atoms with E-state index in [1.54, 1.807) is 0 Å². The summed E-state index contributed by atoms with van der Waals surface area (Å²) in [6.07, 6.45) is 7.04. The Bertz CT molecular complexity index is 159. The molecule has 0 amide bonds. The molecular weight excluding hydrogens is 182 g/mol. The van der Waals surface area contributed by atoms with Crippen LogP contribution in [0.4, 0.5) is 0 Å². The summed E-state index contributed by atoms with van der Waals surface area (Å²) >= 11 is 0. The summed E-state index contributed by atoms with van der Waals surface area (Å²) in [5, 5.41) is 0. The predicted molar refractivity (Wildman–Crippen MR) is 68.1 cm³/mol. The van der Waals surface area contributed by atoms with Crippen molar-refractivity contribution in [3.05, 3.63) is 0 Å². The molecule has 3 unspecified atom stereocenters. The average Bonchev–Trinajstić information content (AvgIpc) is 2.54. The van der Waals surface area contributed by atoms with Crippen molar-refractivity contribution in [1.29, 1.82) is 0 Å². The smallest absolute Gasteiger partial charge is 0.00950 e. The molecule has 90 valence electrons. The summed E-state index contributed by atoms with van der Waals surface area (Å²) in [6.45, 7) is 12.3. The fourth-order valence-electron chi connectivity index (χ4n) is 2.68. The van der Waals surface area contributed by atoms with Crippen LogP contribution in [-0.4, -0.2) is 24.0 Å². The molecule has 0 aliphatic carbocycles. The van der Waals surface area contributed by atoms with Crippen molar-refractivity contribution >= 4 is 0 Å². The SMILES string of the molecule is CCC(C)C(C)C(C)N1CCCCCC1. The fraction of sp³-hybridized carbons (Fsp3) is 1.00. The van der Waals surface area contributed by atoms with Crippen LogP contribution in [0.1, 0.15) is 59.8 Å². The van der Waals surface area contributed by atoms with Crippen LogP contribution in [0.5, 0.6) is 0 Å². The van der Waals surface area contributed by atoms with Gasteiger partial charge in [-0.25, -0.2) is 0 Å². The van der Waals surface area contributed by atoms with Gasteiger partial charge in [0.1, 0.15) is 0 Å². The summed E-state index contributed by atoms with van der Waals surface area (Å²) in [7, 11) is 0. The van der Waals surface area contributed by atoms with Gasteiger partial charge in [-0.1, -0.05) is 40.0 Å². The minimum absolute atomic E-state index is 0.776.